The quantitative estimate of drug-likeness (QED) is 0.777. The molecular weight excluding hydrogens is 264 g/mol. The highest BCUT2D eigenvalue weighted by molar-refractivity contribution is 7.13. The zero-order valence-corrected chi connectivity index (χ0v) is 12.0. The number of nitrogens with one attached hydrogen (secondary N) is 1. The Kier molecular flexibility index (Phi) is 5.60. The van der Waals surface area contributed by atoms with Crippen molar-refractivity contribution in [2.24, 2.45) is 5.92 Å². The van der Waals surface area contributed by atoms with Crippen molar-refractivity contribution in [2.75, 3.05) is 31.7 Å². The van der Waals surface area contributed by atoms with Crippen LogP contribution >= 0.6 is 11.3 Å². The fourth-order valence-electron chi connectivity index (χ4n) is 2.02. The van der Waals surface area contributed by atoms with E-state index in [0.29, 0.717) is 12.5 Å². The van der Waals surface area contributed by atoms with E-state index in [0.717, 1.165) is 43.4 Å². The minimum atomic E-state index is -0.220. The molecule has 1 atom stereocenters. The maximum absolute atomic E-state index is 11.3. The predicted molar refractivity (Wildman–Crippen MR) is 74.5 cm³/mol. The molecule has 6 heteroatoms. The highest BCUT2D eigenvalue weighted by Crippen LogP contribution is 2.19. The second-order valence-electron chi connectivity index (χ2n) is 4.57. The van der Waals surface area contributed by atoms with Gasteiger partial charge < -0.3 is 14.8 Å². The van der Waals surface area contributed by atoms with Crippen LogP contribution in [0, 0.1) is 5.92 Å². The molecule has 0 aliphatic carbocycles. The van der Waals surface area contributed by atoms with Crippen LogP contribution in [-0.4, -0.2) is 37.3 Å². The second kappa shape index (κ2) is 7.45. The van der Waals surface area contributed by atoms with Crippen LogP contribution < -0.4 is 5.32 Å². The molecule has 1 saturated heterocycles. The first-order valence-corrected chi connectivity index (χ1v) is 7.57. The summed E-state index contributed by atoms with van der Waals surface area (Å²) in [5.74, 6) is 0.453. The summed E-state index contributed by atoms with van der Waals surface area (Å²) in [6.07, 6.45) is 2.52. The third-order valence-corrected chi connectivity index (χ3v) is 3.88. The molecule has 1 aromatic rings. The zero-order valence-electron chi connectivity index (χ0n) is 11.2. The van der Waals surface area contributed by atoms with Gasteiger partial charge in [-0.1, -0.05) is 0 Å². The summed E-state index contributed by atoms with van der Waals surface area (Å²) in [5.41, 5.74) is 0.773. The molecule has 1 aliphatic heterocycles. The number of carbonyl (C=O) groups is 1. The van der Waals surface area contributed by atoms with E-state index < -0.39 is 0 Å². The van der Waals surface area contributed by atoms with E-state index in [2.05, 4.69) is 10.3 Å². The van der Waals surface area contributed by atoms with Gasteiger partial charge in [0.2, 0.25) is 0 Å². The minimum Gasteiger partial charge on any atom is -0.466 e. The molecule has 1 fully saturated rings. The summed E-state index contributed by atoms with van der Waals surface area (Å²) in [6, 6.07) is 0. The standard InChI is InChI=1S/C13H20N2O3S/c1-2-18-12(16)7-11-9-19-13(15-11)14-5-3-10-4-6-17-8-10/h9-10H,2-8H2,1H3,(H,14,15). The molecule has 1 aromatic heterocycles. The van der Waals surface area contributed by atoms with Gasteiger partial charge in [0.15, 0.2) is 5.13 Å². The summed E-state index contributed by atoms with van der Waals surface area (Å²) in [5, 5.41) is 6.07. The van der Waals surface area contributed by atoms with Gasteiger partial charge in [0.05, 0.1) is 18.7 Å². The summed E-state index contributed by atoms with van der Waals surface area (Å²) in [7, 11) is 0. The Labute approximate surface area is 117 Å². The summed E-state index contributed by atoms with van der Waals surface area (Å²) in [4.78, 5) is 15.7. The van der Waals surface area contributed by atoms with Crippen molar-refractivity contribution in [3.05, 3.63) is 11.1 Å². The number of carbonyl (C=O) groups excluding carboxylic acids is 1. The van der Waals surface area contributed by atoms with Crippen LogP contribution in [0.25, 0.3) is 0 Å². The average Bonchev–Trinajstić information content (AvgIpc) is 3.01. The molecule has 19 heavy (non-hydrogen) atoms. The molecule has 2 rings (SSSR count). The third-order valence-electron chi connectivity index (χ3n) is 3.04. The number of hydrogen-bond donors (Lipinski definition) is 1. The zero-order chi connectivity index (χ0) is 13.5. The second-order valence-corrected chi connectivity index (χ2v) is 5.43. The van der Waals surface area contributed by atoms with Crippen molar-refractivity contribution < 1.29 is 14.3 Å². The molecule has 0 radical (unpaired) electrons. The summed E-state index contributed by atoms with van der Waals surface area (Å²) in [6.45, 7) is 4.90. The Morgan fingerprint density at radius 1 is 1.68 bits per heavy atom. The first-order chi connectivity index (χ1) is 9.28. The van der Waals surface area contributed by atoms with Gasteiger partial charge in [-0.3, -0.25) is 4.79 Å². The van der Waals surface area contributed by atoms with Gasteiger partial charge in [-0.15, -0.1) is 11.3 Å². The molecule has 0 amide bonds. The van der Waals surface area contributed by atoms with Crippen molar-refractivity contribution >= 4 is 22.4 Å². The Balaban J connectivity index is 1.69. The largest absolute Gasteiger partial charge is 0.466 e. The molecule has 1 aliphatic rings. The number of ether oxygens (including phenoxy) is 2. The number of rotatable bonds is 7. The van der Waals surface area contributed by atoms with E-state index in [4.69, 9.17) is 9.47 Å². The number of aromatic nitrogens is 1. The summed E-state index contributed by atoms with van der Waals surface area (Å²) >= 11 is 1.53. The lowest BCUT2D eigenvalue weighted by atomic mass is 10.1. The highest BCUT2D eigenvalue weighted by Gasteiger charge is 2.15. The lowest BCUT2D eigenvalue weighted by Crippen LogP contribution is -2.10. The van der Waals surface area contributed by atoms with Gasteiger partial charge >= 0.3 is 5.97 Å². The maximum atomic E-state index is 11.3. The Morgan fingerprint density at radius 2 is 2.58 bits per heavy atom. The molecular formula is C13H20N2O3S. The molecule has 2 heterocycles. The Morgan fingerprint density at radius 3 is 3.32 bits per heavy atom. The fraction of sp³-hybridized carbons (Fsp3) is 0.692. The van der Waals surface area contributed by atoms with E-state index in [-0.39, 0.29) is 12.4 Å². The molecule has 5 nitrogen and oxygen atoms in total. The topological polar surface area (TPSA) is 60.5 Å². The third kappa shape index (κ3) is 4.80. The van der Waals surface area contributed by atoms with Crippen LogP contribution in [0.3, 0.4) is 0 Å². The van der Waals surface area contributed by atoms with Crippen LogP contribution in [-0.2, 0) is 20.7 Å². The van der Waals surface area contributed by atoms with Crippen molar-refractivity contribution in [3.8, 4) is 0 Å². The lowest BCUT2D eigenvalue weighted by Gasteiger charge is -2.07. The molecule has 1 unspecified atom stereocenters. The number of anilines is 1. The van der Waals surface area contributed by atoms with Gasteiger partial charge in [-0.05, 0) is 25.7 Å². The average molecular weight is 284 g/mol. The van der Waals surface area contributed by atoms with Crippen LogP contribution in [0.4, 0.5) is 5.13 Å². The molecule has 106 valence electrons. The van der Waals surface area contributed by atoms with Gasteiger partial charge in [0.25, 0.3) is 0 Å². The van der Waals surface area contributed by atoms with Crippen molar-refractivity contribution in [1.29, 1.82) is 0 Å². The first kappa shape index (κ1) is 14.3. The number of nitrogens with zero attached hydrogens (tertiary/aromatic N) is 1. The van der Waals surface area contributed by atoms with Crippen molar-refractivity contribution in [3.63, 3.8) is 0 Å². The van der Waals surface area contributed by atoms with E-state index in [1.807, 2.05) is 5.38 Å². The van der Waals surface area contributed by atoms with Gasteiger partial charge in [-0.2, -0.15) is 0 Å². The normalized spacial score (nSPS) is 18.5. The predicted octanol–water partition coefficient (Wildman–Crippen LogP) is 2.09. The van der Waals surface area contributed by atoms with Crippen LogP contribution in [0.1, 0.15) is 25.5 Å². The monoisotopic (exact) mass is 284 g/mol. The van der Waals surface area contributed by atoms with Crippen LogP contribution in [0.15, 0.2) is 5.38 Å². The van der Waals surface area contributed by atoms with E-state index in [9.17, 15) is 4.79 Å². The Bertz CT molecular complexity index is 402. The molecule has 0 saturated carbocycles. The molecule has 0 aromatic carbocycles. The van der Waals surface area contributed by atoms with Crippen molar-refractivity contribution in [1.82, 2.24) is 4.98 Å². The highest BCUT2D eigenvalue weighted by atomic mass is 32.1. The van der Waals surface area contributed by atoms with Gasteiger partial charge in [-0.25, -0.2) is 4.98 Å². The molecule has 0 spiro atoms. The van der Waals surface area contributed by atoms with Gasteiger partial charge in [0.1, 0.15) is 0 Å². The number of esters is 1. The molecule has 1 N–H and O–H groups in total. The fourth-order valence-corrected chi connectivity index (χ4v) is 2.76. The SMILES string of the molecule is CCOC(=O)Cc1csc(NCCC2CCOC2)n1. The van der Waals surface area contributed by atoms with Crippen molar-refractivity contribution in [2.45, 2.75) is 26.2 Å². The smallest absolute Gasteiger partial charge is 0.311 e. The maximum Gasteiger partial charge on any atom is 0.311 e. The van der Waals surface area contributed by atoms with Crippen LogP contribution in [0.2, 0.25) is 0 Å². The summed E-state index contributed by atoms with van der Waals surface area (Å²) < 4.78 is 10.2. The molecule has 0 bridgehead atoms. The Hall–Kier alpha value is -1.14. The van der Waals surface area contributed by atoms with E-state index >= 15 is 0 Å². The minimum absolute atomic E-state index is 0.220. The lowest BCUT2D eigenvalue weighted by molar-refractivity contribution is -0.142. The van der Waals surface area contributed by atoms with Gasteiger partial charge in [0, 0.05) is 25.1 Å². The van der Waals surface area contributed by atoms with E-state index in [1.165, 1.54) is 11.3 Å². The van der Waals surface area contributed by atoms with Crippen LogP contribution in [0.5, 0.6) is 0 Å². The number of thiazole rings is 1. The first-order valence-electron chi connectivity index (χ1n) is 6.69. The van der Waals surface area contributed by atoms with E-state index in [1.54, 1.807) is 6.92 Å². The number of hydrogen-bond acceptors (Lipinski definition) is 6.